The summed E-state index contributed by atoms with van der Waals surface area (Å²) < 4.78 is 6.56. The summed E-state index contributed by atoms with van der Waals surface area (Å²) in [4.78, 5) is 21.8. The summed E-state index contributed by atoms with van der Waals surface area (Å²) in [5, 5.41) is 15.2. The van der Waals surface area contributed by atoms with Crippen molar-refractivity contribution in [2.24, 2.45) is 4.99 Å². The highest BCUT2D eigenvalue weighted by Crippen LogP contribution is 2.42. The summed E-state index contributed by atoms with van der Waals surface area (Å²) in [6, 6.07) is 35.6. The van der Waals surface area contributed by atoms with E-state index in [2.05, 4.69) is 79.2 Å². The SMILES string of the molecule is CCN(CC)c1ccc(/N=c2/ccc3c(-c4ccccc4C(=O)O)c4ccc(Nc5ccc(N(CC)CC)cc5)cc4oc-3c2)cc1. The van der Waals surface area contributed by atoms with E-state index >= 15 is 0 Å². The fourth-order valence-electron chi connectivity index (χ4n) is 6.19. The summed E-state index contributed by atoms with van der Waals surface area (Å²) >= 11 is 0. The van der Waals surface area contributed by atoms with Crippen LogP contribution in [0, 0.1) is 0 Å². The third-order valence-corrected chi connectivity index (χ3v) is 8.65. The Bertz CT molecular complexity index is 2040. The molecule has 0 amide bonds. The molecule has 238 valence electrons. The molecule has 1 heterocycles. The van der Waals surface area contributed by atoms with Gasteiger partial charge < -0.3 is 24.6 Å². The number of nitrogens with zero attached hydrogens (tertiary/aromatic N) is 3. The van der Waals surface area contributed by atoms with E-state index in [1.807, 2.05) is 60.7 Å². The molecule has 0 spiro atoms. The van der Waals surface area contributed by atoms with E-state index in [4.69, 9.17) is 9.41 Å². The first-order valence-electron chi connectivity index (χ1n) is 16.3. The Morgan fingerprint density at radius 2 is 1.32 bits per heavy atom. The van der Waals surface area contributed by atoms with E-state index in [1.54, 1.807) is 12.1 Å². The molecule has 1 aliphatic carbocycles. The molecule has 0 aromatic heterocycles. The van der Waals surface area contributed by atoms with Crippen LogP contribution in [0.4, 0.5) is 28.4 Å². The summed E-state index contributed by atoms with van der Waals surface area (Å²) in [5.74, 6) is -0.358. The number of carboxylic acids is 1. The molecule has 0 fully saturated rings. The van der Waals surface area contributed by atoms with E-state index in [0.717, 1.165) is 65.1 Å². The van der Waals surface area contributed by atoms with Gasteiger partial charge in [-0.1, -0.05) is 18.2 Å². The lowest BCUT2D eigenvalue weighted by Gasteiger charge is -2.21. The third kappa shape index (κ3) is 6.56. The van der Waals surface area contributed by atoms with Crippen molar-refractivity contribution < 1.29 is 14.3 Å². The molecule has 0 radical (unpaired) electrons. The lowest BCUT2D eigenvalue weighted by Crippen LogP contribution is -2.21. The van der Waals surface area contributed by atoms with Gasteiger partial charge in [0.05, 0.1) is 16.6 Å². The molecule has 0 saturated heterocycles. The Kier molecular flexibility index (Phi) is 9.25. The zero-order valence-corrected chi connectivity index (χ0v) is 27.3. The van der Waals surface area contributed by atoms with Crippen LogP contribution in [0.5, 0.6) is 0 Å². The van der Waals surface area contributed by atoms with Crippen LogP contribution in [-0.4, -0.2) is 37.3 Å². The van der Waals surface area contributed by atoms with Crippen molar-refractivity contribution in [1.82, 2.24) is 0 Å². The van der Waals surface area contributed by atoms with Gasteiger partial charge in [-0.25, -0.2) is 9.79 Å². The van der Waals surface area contributed by atoms with Crippen molar-refractivity contribution in [2.75, 3.05) is 41.3 Å². The number of rotatable bonds is 11. The molecule has 0 unspecified atom stereocenters. The molecular formula is C40H40N4O3. The predicted molar refractivity (Wildman–Crippen MR) is 194 cm³/mol. The van der Waals surface area contributed by atoms with Gasteiger partial charge in [-0.3, -0.25) is 0 Å². The summed E-state index contributed by atoms with van der Waals surface area (Å²) in [7, 11) is 0. The number of fused-ring (bicyclic) bond motifs is 2. The van der Waals surface area contributed by atoms with Gasteiger partial charge in [0.2, 0.25) is 0 Å². The molecule has 7 heteroatoms. The Morgan fingerprint density at radius 3 is 1.96 bits per heavy atom. The van der Waals surface area contributed by atoms with E-state index in [-0.39, 0.29) is 5.56 Å². The Hall–Kier alpha value is -5.56. The largest absolute Gasteiger partial charge is 0.478 e. The first kappa shape index (κ1) is 31.4. The maximum absolute atomic E-state index is 12.3. The smallest absolute Gasteiger partial charge is 0.336 e. The van der Waals surface area contributed by atoms with E-state index in [9.17, 15) is 9.90 Å². The normalized spacial score (nSPS) is 11.6. The van der Waals surface area contributed by atoms with Gasteiger partial charge in [-0.2, -0.15) is 0 Å². The molecule has 2 N–H and O–H groups in total. The van der Waals surface area contributed by atoms with Gasteiger partial charge in [0.25, 0.3) is 0 Å². The van der Waals surface area contributed by atoms with Crippen LogP contribution in [0.25, 0.3) is 33.4 Å². The minimum atomic E-state index is -0.978. The average molecular weight is 625 g/mol. The van der Waals surface area contributed by atoms with Crippen LogP contribution < -0.4 is 20.5 Å². The molecule has 0 saturated carbocycles. The van der Waals surface area contributed by atoms with Crippen molar-refractivity contribution in [3.05, 3.63) is 120 Å². The summed E-state index contributed by atoms with van der Waals surface area (Å²) in [6.07, 6.45) is 0. The zero-order chi connectivity index (χ0) is 32.9. The maximum Gasteiger partial charge on any atom is 0.336 e. The van der Waals surface area contributed by atoms with Crippen molar-refractivity contribution in [3.8, 4) is 22.5 Å². The monoisotopic (exact) mass is 624 g/mol. The second-order valence-corrected chi connectivity index (χ2v) is 11.4. The Balaban J connectivity index is 1.46. The number of hydrogen-bond donors (Lipinski definition) is 2. The fourth-order valence-corrected chi connectivity index (χ4v) is 6.19. The van der Waals surface area contributed by atoms with Gasteiger partial charge in [-0.05, 0) is 112 Å². The van der Waals surface area contributed by atoms with Crippen molar-refractivity contribution >= 4 is 45.4 Å². The number of carboxylic acid groups (broad SMARTS) is 1. The number of benzene rings is 5. The molecule has 7 nitrogen and oxygen atoms in total. The van der Waals surface area contributed by atoms with Gasteiger partial charge in [-0.15, -0.1) is 0 Å². The molecule has 0 bridgehead atoms. The molecular weight excluding hydrogens is 584 g/mol. The fraction of sp³-hybridized carbons (Fsp3) is 0.200. The molecule has 2 aliphatic rings. The Labute approximate surface area is 275 Å². The standard InChI is InChI=1S/C40H40N4O3/c1-5-43(6-2)31-19-13-27(14-20-31)41-29-17-23-35-37(25-29)47-38-26-30(42-28-15-21-32(22-16-28)44(7-3)8-4)18-24-36(38)39(35)33-11-9-10-12-34(33)40(45)46/h9-26,41H,5-8H2,1-4H3,(H,45,46)/b42-30-. The maximum atomic E-state index is 12.3. The second kappa shape index (κ2) is 13.8. The predicted octanol–water partition coefficient (Wildman–Crippen LogP) is 9.57. The van der Waals surface area contributed by atoms with Crippen molar-refractivity contribution in [3.63, 3.8) is 0 Å². The third-order valence-electron chi connectivity index (χ3n) is 8.65. The van der Waals surface area contributed by atoms with Crippen LogP contribution in [-0.2, 0) is 0 Å². The highest BCUT2D eigenvalue weighted by molar-refractivity contribution is 6.07. The topological polar surface area (TPSA) is 81.3 Å². The number of nitrogens with one attached hydrogen (secondary N) is 1. The van der Waals surface area contributed by atoms with Crippen LogP contribution in [0.15, 0.2) is 119 Å². The van der Waals surface area contributed by atoms with Crippen LogP contribution >= 0.6 is 0 Å². The highest BCUT2D eigenvalue weighted by atomic mass is 16.4. The van der Waals surface area contributed by atoms with E-state index < -0.39 is 5.97 Å². The van der Waals surface area contributed by atoms with Gasteiger partial charge in [0, 0.05) is 77.6 Å². The zero-order valence-electron chi connectivity index (χ0n) is 27.3. The van der Waals surface area contributed by atoms with Crippen LogP contribution in [0.2, 0.25) is 0 Å². The lowest BCUT2D eigenvalue weighted by molar-refractivity contribution is 0.0697. The van der Waals surface area contributed by atoms with E-state index in [0.29, 0.717) is 16.9 Å². The Morgan fingerprint density at radius 1 is 0.702 bits per heavy atom. The second-order valence-electron chi connectivity index (χ2n) is 11.4. The molecule has 47 heavy (non-hydrogen) atoms. The summed E-state index contributed by atoms with van der Waals surface area (Å²) in [6.45, 7) is 12.4. The number of anilines is 4. The molecule has 1 aliphatic heterocycles. The van der Waals surface area contributed by atoms with Gasteiger partial charge in [0.1, 0.15) is 11.3 Å². The molecule has 4 aromatic carbocycles. The first-order valence-corrected chi connectivity index (χ1v) is 16.3. The summed E-state index contributed by atoms with van der Waals surface area (Å²) in [5.41, 5.74) is 8.15. The average Bonchev–Trinajstić information content (AvgIpc) is 3.09. The van der Waals surface area contributed by atoms with Crippen LogP contribution in [0.3, 0.4) is 0 Å². The first-order chi connectivity index (χ1) is 22.9. The number of carbonyl (C=O) groups is 1. The van der Waals surface area contributed by atoms with Gasteiger partial charge >= 0.3 is 5.97 Å². The van der Waals surface area contributed by atoms with Crippen LogP contribution in [0.1, 0.15) is 38.1 Å². The lowest BCUT2D eigenvalue weighted by atomic mass is 9.90. The molecule has 0 atom stereocenters. The quantitative estimate of drug-likeness (QED) is 0.140. The highest BCUT2D eigenvalue weighted by Gasteiger charge is 2.21. The van der Waals surface area contributed by atoms with E-state index in [1.165, 1.54) is 11.4 Å². The molecule has 4 aromatic rings. The number of aromatic carboxylic acids is 1. The van der Waals surface area contributed by atoms with Gasteiger partial charge in [0.15, 0.2) is 0 Å². The minimum Gasteiger partial charge on any atom is -0.478 e. The number of hydrogen-bond acceptors (Lipinski definition) is 6. The van der Waals surface area contributed by atoms with Crippen molar-refractivity contribution in [2.45, 2.75) is 27.7 Å². The minimum absolute atomic E-state index is 0.235. The van der Waals surface area contributed by atoms with Crippen molar-refractivity contribution in [1.29, 1.82) is 0 Å². The molecule has 6 rings (SSSR count).